The van der Waals surface area contributed by atoms with Crippen molar-refractivity contribution in [2.45, 2.75) is 36.5 Å². The number of carbonyl (C=O) groups excluding carboxylic acids is 1. The average Bonchev–Trinajstić information content (AvgIpc) is 2.67. The smallest absolute Gasteiger partial charge is 0.243 e. The van der Waals surface area contributed by atoms with E-state index in [1.54, 1.807) is 36.0 Å². The summed E-state index contributed by atoms with van der Waals surface area (Å²) in [7, 11) is -2.30. The lowest BCUT2D eigenvalue weighted by atomic mass is 10.0. The van der Waals surface area contributed by atoms with Gasteiger partial charge in [0.05, 0.1) is 11.4 Å². The van der Waals surface area contributed by atoms with Crippen LogP contribution in [-0.4, -0.2) is 38.5 Å². The number of para-hydroxylation sites is 1. The summed E-state index contributed by atoms with van der Waals surface area (Å²) >= 11 is 1.54. The number of rotatable bonds is 8. The van der Waals surface area contributed by atoms with Gasteiger partial charge in [-0.1, -0.05) is 32.0 Å². The lowest BCUT2D eigenvalue weighted by Crippen LogP contribution is -2.35. The number of anilines is 1. The van der Waals surface area contributed by atoms with Gasteiger partial charge in [0.2, 0.25) is 15.9 Å². The zero-order valence-corrected chi connectivity index (χ0v) is 17.8. The van der Waals surface area contributed by atoms with Crippen LogP contribution in [0, 0.1) is 0 Å². The van der Waals surface area contributed by atoms with Gasteiger partial charge in [-0.2, -0.15) is 4.31 Å². The Balaban J connectivity index is 2.15. The zero-order valence-electron chi connectivity index (χ0n) is 16.2. The van der Waals surface area contributed by atoms with Crippen LogP contribution in [0.2, 0.25) is 0 Å². The molecule has 0 aliphatic carbocycles. The number of benzene rings is 2. The van der Waals surface area contributed by atoms with Crippen LogP contribution in [0.1, 0.15) is 25.0 Å². The minimum atomic E-state index is -3.72. The van der Waals surface area contributed by atoms with E-state index in [0.29, 0.717) is 0 Å². The van der Waals surface area contributed by atoms with E-state index in [1.165, 1.54) is 7.05 Å². The number of hydrogen-bond donors (Lipinski definition) is 1. The summed E-state index contributed by atoms with van der Waals surface area (Å²) in [6.45, 7) is 3.81. The fraction of sp³-hybridized carbons (Fsp3) is 0.350. The number of aryl methyl sites for hydroxylation is 2. The van der Waals surface area contributed by atoms with Gasteiger partial charge < -0.3 is 5.32 Å². The quantitative estimate of drug-likeness (QED) is 0.677. The maximum atomic E-state index is 12.7. The van der Waals surface area contributed by atoms with E-state index in [9.17, 15) is 13.2 Å². The van der Waals surface area contributed by atoms with E-state index in [1.807, 2.05) is 38.3 Å². The lowest BCUT2D eigenvalue weighted by molar-refractivity contribution is -0.116. The fourth-order valence-corrected chi connectivity index (χ4v) is 4.33. The highest BCUT2D eigenvalue weighted by atomic mass is 32.2. The molecule has 0 saturated carbocycles. The van der Waals surface area contributed by atoms with Gasteiger partial charge in [-0.15, -0.1) is 11.8 Å². The van der Waals surface area contributed by atoms with Crippen LogP contribution in [0.25, 0.3) is 0 Å². The SMILES string of the molecule is CCc1cccc(CC)c1NC(=O)CN(C)S(=O)(=O)c1ccc(SC)cc1. The molecular formula is C20H26N2O3S2. The molecule has 1 N–H and O–H groups in total. The van der Waals surface area contributed by atoms with Gasteiger partial charge in [0.25, 0.3) is 0 Å². The predicted molar refractivity (Wildman–Crippen MR) is 112 cm³/mol. The van der Waals surface area contributed by atoms with Crippen LogP contribution in [0.3, 0.4) is 0 Å². The Kier molecular flexibility index (Phi) is 7.47. The molecule has 0 heterocycles. The van der Waals surface area contributed by atoms with Crippen LogP contribution in [0.15, 0.2) is 52.3 Å². The van der Waals surface area contributed by atoms with Gasteiger partial charge in [0, 0.05) is 17.6 Å². The molecule has 0 aliphatic heterocycles. The van der Waals surface area contributed by atoms with E-state index >= 15 is 0 Å². The largest absolute Gasteiger partial charge is 0.324 e. The third-order valence-corrected chi connectivity index (χ3v) is 6.96. The van der Waals surface area contributed by atoms with E-state index < -0.39 is 10.0 Å². The maximum Gasteiger partial charge on any atom is 0.243 e. The molecule has 0 radical (unpaired) electrons. The molecule has 27 heavy (non-hydrogen) atoms. The Bertz CT molecular complexity index is 872. The molecule has 1 amide bonds. The Hall–Kier alpha value is -1.83. The van der Waals surface area contributed by atoms with Gasteiger partial charge in [0.1, 0.15) is 0 Å². The summed E-state index contributed by atoms with van der Waals surface area (Å²) in [4.78, 5) is 13.7. The minimum Gasteiger partial charge on any atom is -0.324 e. The number of hydrogen-bond acceptors (Lipinski definition) is 4. The molecule has 146 valence electrons. The number of nitrogens with zero attached hydrogens (tertiary/aromatic N) is 1. The van der Waals surface area contributed by atoms with Crippen LogP contribution in [-0.2, 0) is 27.7 Å². The van der Waals surface area contributed by atoms with Crippen molar-refractivity contribution >= 4 is 33.4 Å². The summed E-state index contributed by atoms with van der Waals surface area (Å²) in [5.41, 5.74) is 2.88. The highest BCUT2D eigenvalue weighted by Gasteiger charge is 2.23. The Labute approximate surface area is 166 Å². The molecule has 0 atom stereocenters. The number of carbonyl (C=O) groups is 1. The molecule has 2 rings (SSSR count). The van der Waals surface area contributed by atoms with Crippen molar-refractivity contribution in [1.82, 2.24) is 4.31 Å². The van der Waals surface area contributed by atoms with E-state index in [2.05, 4.69) is 5.32 Å². The normalized spacial score (nSPS) is 11.6. The molecular weight excluding hydrogens is 380 g/mol. The second-order valence-corrected chi connectivity index (χ2v) is 9.07. The highest BCUT2D eigenvalue weighted by molar-refractivity contribution is 7.98. The van der Waals surface area contributed by atoms with Crippen molar-refractivity contribution in [3.8, 4) is 0 Å². The predicted octanol–water partition coefficient (Wildman–Crippen LogP) is 3.79. The van der Waals surface area contributed by atoms with Crippen molar-refractivity contribution in [1.29, 1.82) is 0 Å². The molecule has 7 heteroatoms. The van der Waals surface area contributed by atoms with E-state index in [0.717, 1.165) is 38.9 Å². The van der Waals surface area contributed by atoms with Gasteiger partial charge in [0.15, 0.2) is 0 Å². The molecule has 0 aliphatic rings. The van der Waals surface area contributed by atoms with Crippen molar-refractivity contribution in [2.24, 2.45) is 0 Å². The van der Waals surface area contributed by atoms with E-state index in [-0.39, 0.29) is 17.3 Å². The third kappa shape index (κ3) is 5.12. The number of sulfonamides is 1. The average molecular weight is 407 g/mol. The van der Waals surface area contributed by atoms with Crippen molar-refractivity contribution in [3.63, 3.8) is 0 Å². The first-order chi connectivity index (χ1) is 12.8. The highest BCUT2D eigenvalue weighted by Crippen LogP contribution is 2.23. The second-order valence-electron chi connectivity index (χ2n) is 6.14. The molecule has 2 aromatic rings. The monoisotopic (exact) mass is 406 g/mol. The first-order valence-electron chi connectivity index (χ1n) is 8.84. The Morgan fingerprint density at radius 1 is 1.04 bits per heavy atom. The van der Waals surface area contributed by atoms with Crippen molar-refractivity contribution in [2.75, 3.05) is 25.2 Å². The van der Waals surface area contributed by atoms with Gasteiger partial charge >= 0.3 is 0 Å². The van der Waals surface area contributed by atoms with Crippen molar-refractivity contribution in [3.05, 3.63) is 53.6 Å². The molecule has 0 unspecified atom stereocenters. The standard InChI is InChI=1S/C20H26N2O3S2/c1-5-15-8-7-9-16(6-2)20(15)21-19(23)14-22(3)27(24,25)18-12-10-17(26-4)11-13-18/h7-13H,5-6,14H2,1-4H3,(H,21,23). The Morgan fingerprint density at radius 3 is 2.07 bits per heavy atom. The summed E-state index contributed by atoms with van der Waals surface area (Å²) in [5.74, 6) is -0.350. The van der Waals surface area contributed by atoms with E-state index in [4.69, 9.17) is 0 Å². The van der Waals surface area contributed by atoms with Crippen LogP contribution in [0.5, 0.6) is 0 Å². The summed E-state index contributed by atoms with van der Waals surface area (Å²) < 4.78 is 26.5. The summed E-state index contributed by atoms with van der Waals surface area (Å²) in [5, 5.41) is 2.91. The first-order valence-corrected chi connectivity index (χ1v) is 11.5. The van der Waals surface area contributed by atoms with Crippen LogP contribution >= 0.6 is 11.8 Å². The molecule has 0 fully saturated rings. The number of amides is 1. The van der Waals surface area contributed by atoms with Gasteiger partial charge in [-0.25, -0.2) is 8.42 Å². The number of nitrogens with one attached hydrogen (secondary N) is 1. The molecule has 2 aromatic carbocycles. The van der Waals surface area contributed by atoms with Crippen molar-refractivity contribution < 1.29 is 13.2 Å². The molecule has 0 saturated heterocycles. The van der Waals surface area contributed by atoms with Crippen LogP contribution in [0.4, 0.5) is 5.69 Å². The minimum absolute atomic E-state index is 0.179. The summed E-state index contributed by atoms with van der Waals surface area (Å²) in [6, 6.07) is 12.6. The molecule has 0 aromatic heterocycles. The molecule has 0 bridgehead atoms. The topological polar surface area (TPSA) is 66.5 Å². The molecule has 5 nitrogen and oxygen atoms in total. The maximum absolute atomic E-state index is 12.7. The Morgan fingerprint density at radius 2 is 1.59 bits per heavy atom. The molecule has 0 spiro atoms. The second kappa shape index (κ2) is 9.39. The third-order valence-electron chi connectivity index (χ3n) is 4.40. The number of thioether (sulfide) groups is 1. The number of likely N-dealkylation sites (N-methyl/N-ethyl adjacent to an activating group) is 1. The van der Waals surface area contributed by atoms with Gasteiger partial charge in [-0.05, 0) is 54.5 Å². The first kappa shape index (κ1) is 21.5. The fourth-order valence-electron chi connectivity index (χ4n) is 2.80. The van der Waals surface area contributed by atoms with Crippen LogP contribution < -0.4 is 5.32 Å². The zero-order chi connectivity index (χ0) is 20.0. The lowest BCUT2D eigenvalue weighted by Gasteiger charge is -2.19. The van der Waals surface area contributed by atoms with Gasteiger partial charge in [-0.3, -0.25) is 4.79 Å². The summed E-state index contributed by atoms with van der Waals surface area (Å²) in [6.07, 6.45) is 3.51.